The largest absolute Gasteiger partial charge is 0.326 e. The van der Waals surface area contributed by atoms with Crippen molar-refractivity contribution in [2.75, 3.05) is 20.4 Å². The SMILES string of the molecule is CC(=O)NN1CN(C)/C(=N\[N+](=O)[O-])N(Cc2cnc(Cl)s2)C1. The van der Waals surface area contributed by atoms with Crippen LogP contribution in [0.1, 0.15) is 11.8 Å². The molecule has 0 saturated carbocycles. The number of nitro groups is 1. The van der Waals surface area contributed by atoms with E-state index in [0.29, 0.717) is 11.0 Å². The first-order valence-corrected chi connectivity index (χ1v) is 7.36. The van der Waals surface area contributed by atoms with Gasteiger partial charge in [0, 0.05) is 25.0 Å². The lowest BCUT2D eigenvalue weighted by atomic mass is 10.4. The maximum absolute atomic E-state index is 11.2. The Morgan fingerprint density at radius 3 is 2.91 bits per heavy atom. The van der Waals surface area contributed by atoms with Crippen LogP contribution in [0.25, 0.3) is 0 Å². The van der Waals surface area contributed by atoms with Crippen molar-refractivity contribution in [1.29, 1.82) is 0 Å². The van der Waals surface area contributed by atoms with Gasteiger partial charge >= 0.3 is 0 Å². The average molecular weight is 348 g/mol. The summed E-state index contributed by atoms with van der Waals surface area (Å²) in [7, 11) is 1.66. The molecule has 0 atom stereocenters. The molecule has 0 unspecified atom stereocenters. The van der Waals surface area contributed by atoms with Crippen molar-refractivity contribution in [3.8, 4) is 0 Å². The Bertz CT molecular complexity index is 607. The third kappa shape index (κ3) is 4.26. The number of aromatic nitrogens is 1. The van der Waals surface area contributed by atoms with E-state index in [2.05, 4.69) is 15.5 Å². The molecule has 1 aliphatic rings. The molecular weight excluding hydrogens is 334 g/mol. The summed E-state index contributed by atoms with van der Waals surface area (Å²) in [6.45, 7) is 2.28. The van der Waals surface area contributed by atoms with Crippen molar-refractivity contribution in [2.45, 2.75) is 13.5 Å². The molecule has 1 aromatic rings. The third-order valence-corrected chi connectivity index (χ3v) is 3.81. The molecule has 1 amide bonds. The highest BCUT2D eigenvalue weighted by atomic mass is 35.5. The van der Waals surface area contributed by atoms with Gasteiger partial charge in [-0.25, -0.2) is 15.1 Å². The van der Waals surface area contributed by atoms with E-state index in [9.17, 15) is 14.9 Å². The number of halogens is 1. The van der Waals surface area contributed by atoms with Crippen molar-refractivity contribution < 1.29 is 9.83 Å². The van der Waals surface area contributed by atoms with Crippen LogP contribution in [0.15, 0.2) is 11.3 Å². The smallest absolute Gasteiger partial charge is 0.276 e. The molecule has 1 fully saturated rings. The molecule has 2 rings (SSSR count). The van der Waals surface area contributed by atoms with Gasteiger partial charge in [0.05, 0.1) is 19.9 Å². The number of hydrazine groups is 1. The first-order chi connectivity index (χ1) is 10.3. The van der Waals surface area contributed by atoms with Gasteiger partial charge in [-0.3, -0.25) is 10.2 Å². The molecule has 2 heterocycles. The minimum atomic E-state index is -0.744. The van der Waals surface area contributed by atoms with Gasteiger partial charge in [0.25, 0.3) is 5.96 Å². The van der Waals surface area contributed by atoms with Crippen molar-refractivity contribution >= 4 is 34.8 Å². The van der Waals surface area contributed by atoms with Gasteiger partial charge in [0.1, 0.15) is 5.10 Å². The fraction of sp³-hybridized carbons (Fsp3) is 0.500. The molecule has 1 saturated heterocycles. The molecule has 1 aromatic heterocycles. The van der Waals surface area contributed by atoms with Crippen LogP contribution >= 0.6 is 22.9 Å². The maximum atomic E-state index is 11.2. The van der Waals surface area contributed by atoms with Crippen molar-refractivity contribution in [1.82, 2.24) is 25.2 Å². The van der Waals surface area contributed by atoms with Crippen LogP contribution < -0.4 is 5.43 Å². The molecule has 22 heavy (non-hydrogen) atoms. The van der Waals surface area contributed by atoms with Gasteiger partial charge in [-0.2, -0.15) is 5.01 Å². The summed E-state index contributed by atoms with van der Waals surface area (Å²) in [5.41, 5.74) is 2.65. The molecule has 12 heteroatoms. The van der Waals surface area contributed by atoms with Gasteiger partial charge in [-0.15, -0.1) is 11.3 Å². The van der Waals surface area contributed by atoms with Gasteiger partial charge in [0.15, 0.2) is 9.50 Å². The van der Waals surface area contributed by atoms with E-state index in [-0.39, 0.29) is 25.2 Å². The van der Waals surface area contributed by atoms with Gasteiger partial charge in [-0.05, 0) is 0 Å². The highest BCUT2D eigenvalue weighted by molar-refractivity contribution is 7.15. The summed E-state index contributed by atoms with van der Waals surface area (Å²) in [4.78, 5) is 29.9. The lowest BCUT2D eigenvalue weighted by Crippen LogP contribution is -2.61. The first-order valence-electron chi connectivity index (χ1n) is 6.16. The Labute approximate surface area is 135 Å². The van der Waals surface area contributed by atoms with Crippen LogP contribution in [-0.2, 0) is 11.3 Å². The number of rotatable bonds is 4. The zero-order valence-electron chi connectivity index (χ0n) is 11.9. The van der Waals surface area contributed by atoms with E-state index < -0.39 is 5.03 Å². The predicted octanol–water partition coefficient (Wildman–Crippen LogP) is 0.360. The average Bonchev–Trinajstić information content (AvgIpc) is 2.78. The summed E-state index contributed by atoms with van der Waals surface area (Å²) in [5, 5.41) is 15.0. The van der Waals surface area contributed by atoms with E-state index in [1.807, 2.05) is 0 Å². The Morgan fingerprint density at radius 2 is 2.36 bits per heavy atom. The normalized spacial score (nSPS) is 17.9. The second-order valence-electron chi connectivity index (χ2n) is 4.60. The lowest BCUT2D eigenvalue weighted by molar-refractivity contribution is -0.486. The maximum Gasteiger partial charge on any atom is 0.276 e. The molecule has 0 bridgehead atoms. The number of carbonyl (C=O) groups is 1. The molecule has 0 aromatic carbocycles. The topological polar surface area (TPSA) is 107 Å². The number of carbonyl (C=O) groups excluding carboxylic acids is 1. The van der Waals surface area contributed by atoms with Crippen molar-refractivity contribution in [2.24, 2.45) is 5.10 Å². The van der Waals surface area contributed by atoms with E-state index >= 15 is 0 Å². The van der Waals surface area contributed by atoms with Crippen LogP contribution in [0, 0.1) is 10.1 Å². The standard InChI is InChI=1S/C10H14ClN7O3S/c1-7(19)13-17-5-15(2)10(14-18(20)21)16(6-17)4-8-3-12-9(11)22-8/h3H,4-6H2,1-2H3,(H,13,19)/b14-10+. The minimum absolute atomic E-state index is 0.205. The molecule has 1 N–H and O–H groups in total. The molecule has 10 nitrogen and oxygen atoms in total. The monoisotopic (exact) mass is 347 g/mol. The number of hydrogen-bond donors (Lipinski definition) is 1. The summed E-state index contributed by atoms with van der Waals surface area (Å²) in [6, 6.07) is 0. The molecule has 120 valence electrons. The van der Waals surface area contributed by atoms with E-state index in [1.165, 1.54) is 18.3 Å². The summed E-state index contributed by atoms with van der Waals surface area (Å²) >= 11 is 7.08. The predicted molar refractivity (Wildman–Crippen MR) is 80.2 cm³/mol. The van der Waals surface area contributed by atoms with E-state index in [1.54, 1.807) is 28.1 Å². The number of thiazole rings is 1. The lowest BCUT2D eigenvalue weighted by Gasteiger charge is -2.41. The quantitative estimate of drug-likeness (QED) is 0.619. The van der Waals surface area contributed by atoms with Crippen LogP contribution in [0.2, 0.25) is 4.47 Å². The second-order valence-corrected chi connectivity index (χ2v) is 6.30. The summed E-state index contributed by atoms with van der Waals surface area (Å²) in [5.74, 6) is -0.0139. The second kappa shape index (κ2) is 6.85. The van der Waals surface area contributed by atoms with Gasteiger partial charge < -0.3 is 9.80 Å². The van der Waals surface area contributed by atoms with E-state index in [0.717, 1.165) is 4.88 Å². The van der Waals surface area contributed by atoms with Crippen LogP contribution in [0.3, 0.4) is 0 Å². The summed E-state index contributed by atoms with van der Waals surface area (Å²) in [6.07, 6.45) is 1.61. The molecular formula is C10H14ClN7O3S. The molecule has 0 spiro atoms. The highest BCUT2D eigenvalue weighted by Gasteiger charge is 2.30. The number of guanidine groups is 1. The zero-order chi connectivity index (χ0) is 16.3. The van der Waals surface area contributed by atoms with Crippen LogP contribution in [0.4, 0.5) is 0 Å². The number of nitrogens with one attached hydrogen (secondary N) is 1. The van der Waals surface area contributed by atoms with Crippen LogP contribution in [-0.4, -0.2) is 57.1 Å². The fourth-order valence-corrected chi connectivity index (χ4v) is 3.04. The Balaban J connectivity index is 2.20. The third-order valence-electron chi connectivity index (χ3n) is 2.71. The highest BCUT2D eigenvalue weighted by Crippen LogP contribution is 2.21. The molecule has 0 radical (unpaired) electrons. The number of hydrazone groups is 1. The van der Waals surface area contributed by atoms with E-state index in [4.69, 9.17) is 11.6 Å². The summed E-state index contributed by atoms with van der Waals surface area (Å²) < 4.78 is 0.395. The number of nitrogens with zero attached hydrogens (tertiary/aromatic N) is 6. The number of hydrogen-bond acceptors (Lipinski definition) is 6. The first kappa shape index (κ1) is 16.4. The van der Waals surface area contributed by atoms with Crippen molar-refractivity contribution in [3.05, 3.63) is 25.7 Å². The minimum Gasteiger partial charge on any atom is -0.326 e. The zero-order valence-corrected chi connectivity index (χ0v) is 13.5. The van der Waals surface area contributed by atoms with Crippen LogP contribution in [0.5, 0.6) is 0 Å². The number of amides is 1. The van der Waals surface area contributed by atoms with Crippen molar-refractivity contribution in [3.63, 3.8) is 0 Å². The Morgan fingerprint density at radius 1 is 1.64 bits per heavy atom. The van der Waals surface area contributed by atoms with Gasteiger partial charge in [-0.1, -0.05) is 11.6 Å². The van der Waals surface area contributed by atoms with Gasteiger partial charge in [0.2, 0.25) is 5.91 Å². The Kier molecular flexibility index (Phi) is 5.11. The molecule has 0 aliphatic carbocycles. The Hall–Kier alpha value is -1.98. The fourth-order valence-electron chi connectivity index (χ4n) is 2.05. The molecule has 1 aliphatic heterocycles.